The third kappa shape index (κ3) is 3.54. The molecule has 1 aromatic carbocycles. The molecule has 1 unspecified atom stereocenters. The van der Waals surface area contributed by atoms with Crippen molar-refractivity contribution in [3.05, 3.63) is 56.8 Å². The Labute approximate surface area is 131 Å². The first-order valence-corrected chi connectivity index (χ1v) is 8.71. The molecule has 112 valence electrons. The minimum Gasteiger partial charge on any atom is -0.271 e. The molecule has 1 aliphatic rings. The molecule has 0 amide bonds. The quantitative estimate of drug-likeness (QED) is 0.507. The molecule has 0 radical (unpaired) electrons. The van der Waals surface area contributed by atoms with Crippen LogP contribution in [0.4, 0.5) is 0 Å². The average Bonchev–Trinajstić information content (AvgIpc) is 2.77. The van der Waals surface area contributed by atoms with E-state index in [1.165, 1.54) is 48.1 Å². The Bertz CT molecular complexity index is 562. The molecule has 21 heavy (non-hydrogen) atoms. The van der Waals surface area contributed by atoms with Crippen LogP contribution in [-0.2, 0) is 19.3 Å². The highest BCUT2D eigenvalue weighted by atomic mass is 32.1. The highest BCUT2D eigenvalue weighted by molar-refractivity contribution is 7.12. The summed E-state index contributed by atoms with van der Waals surface area (Å²) in [5, 5.41) is 0. The van der Waals surface area contributed by atoms with E-state index in [0.29, 0.717) is 0 Å². The summed E-state index contributed by atoms with van der Waals surface area (Å²) in [6.07, 6.45) is 7.50. The van der Waals surface area contributed by atoms with Crippen LogP contribution in [0.25, 0.3) is 0 Å². The van der Waals surface area contributed by atoms with Gasteiger partial charge in [-0.2, -0.15) is 0 Å². The molecule has 0 saturated heterocycles. The molecule has 3 heteroatoms. The molecule has 3 N–H and O–H groups in total. The molecule has 0 fully saturated rings. The number of hydrazine groups is 1. The van der Waals surface area contributed by atoms with Gasteiger partial charge >= 0.3 is 0 Å². The van der Waals surface area contributed by atoms with E-state index < -0.39 is 0 Å². The molecular weight excluding hydrogens is 276 g/mol. The van der Waals surface area contributed by atoms with Crippen LogP contribution < -0.4 is 11.3 Å². The van der Waals surface area contributed by atoms with Crippen molar-refractivity contribution < 1.29 is 0 Å². The summed E-state index contributed by atoms with van der Waals surface area (Å²) in [4.78, 5) is 2.98. The summed E-state index contributed by atoms with van der Waals surface area (Å²) in [5.41, 5.74) is 7.23. The zero-order valence-corrected chi connectivity index (χ0v) is 13.5. The molecule has 0 spiro atoms. The van der Waals surface area contributed by atoms with Crippen LogP contribution in [-0.4, -0.2) is 0 Å². The maximum absolute atomic E-state index is 5.83. The van der Waals surface area contributed by atoms with E-state index in [1.54, 1.807) is 10.4 Å². The maximum Gasteiger partial charge on any atom is 0.0593 e. The lowest BCUT2D eigenvalue weighted by Gasteiger charge is -2.14. The third-order valence-electron chi connectivity index (χ3n) is 4.37. The van der Waals surface area contributed by atoms with Crippen molar-refractivity contribution in [2.75, 3.05) is 0 Å². The molecule has 0 aliphatic heterocycles. The normalized spacial score (nSPS) is 16.3. The largest absolute Gasteiger partial charge is 0.271 e. The predicted molar refractivity (Wildman–Crippen MR) is 90.5 cm³/mol. The second-order valence-electron chi connectivity index (χ2n) is 6.07. The third-order valence-corrected chi connectivity index (χ3v) is 5.72. The van der Waals surface area contributed by atoms with E-state index in [9.17, 15) is 0 Å². The van der Waals surface area contributed by atoms with Crippen LogP contribution in [0, 0.1) is 6.92 Å². The molecule has 1 aliphatic carbocycles. The van der Waals surface area contributed by atoms with Gasteiger partial charge in [0.25, 0.3) is 0 Å². The Kier molecular flexibility index (Phi) is 4.73. The molecule has 2 aromatic rings. The van der Waals surface area contributed by atoms with Crippen molar-refractivity contribution in [1.82, 2.24) is 5.43 Å². The Balaban J connectivity index is 1.78. The van der Waals surface area contributed by atoms with E-state index in [4.69, 9.17) is 5.84 Å². The number of hydrogen-bond acceptors (Lipinski definition) is 3. The molecular formula is C18H24N2S. The minimum absolute atomic E-state index is 0.227. The lowest BCUT2D eigenvalue weighted by atomic mass is 10.0. The van der Waals surface area contributed by atoms with Gasteiger partial charge in [0.05, 0.1) is 6.04 Å². The van der Waals surface area contributed by atoms with Crippen molar-refractivity contribution in [3.8, 4) is 0 Å². The lowest BCUT2D eigenvalue weighted by molar-refractivity contribution is 0.560. The van der Waals surface area contributed by atoms with Crippen LogP contribution in [0.5, 0.6) is 0 Å². The molecule has 1 atom stereocenters. The van der Waals surface area contributed by atoms with Crippen LogP contribution >= 0.6 is 11.3 Å². The summed E-state index contributed by atoms with van der Waals surface area (Å²) in [6, 6.07) is 11.4. The summed E-state index contributed by atoms with van der Waals surface area (Å²) >= 11 is 1.96. The topological polar surface area (TPSA) is 38.0 Å². The van der Waals surface area contributed by atoms with Crippen LogP contribution in [0.15, 0.2) is 30.3 Å². The van der Waals surface area contributed by atoms with Crippen LogP contribution in [0.2, 0.25) is 0 Å². The van der Waals surface area contributed by atoms with Crippen molar-refractivity contribution in [1.29, 1.82) is 0 Å². The number of hydrogen-bond donors (Lipinski definition) is 2. The van der Waals surface area contributed by atoms with Gasteiger partial charge in [0.1, 0.15) is 0 Å². The van der Waals surface area contributed by atoms with Crippen molar-refractivity contribution in [2.45, 2.75) is 51.5 Å². The van der Waals surface area contributed by atoms with Crippen molar-refractivity contribution >= 4 is 11.3 Å². The van der Waals surface area contributed by atoms with Gasteiger partial charge in [0.15, 0.2) is 0 Å². The Morgan fingerprint density at radius 2 is 1.90 bits per heavy atom. The van der Waals surface area contributed by atoms with Gasteiger partial charge in [0, 0.05) is 9.75 Å². The van der Waals surface area contributed by atoms with Crippen LogP contribution in [0.1, 0.15) is 51.7 Å². The predicted octanol–water partition coefficient (Wildman–Crippen LogP) is 4.07. The Morgan fingerprint density at radius 3 is 2.67 bits per heavy atom. The lowest BCUT2D eigenvalue weighted by Crippen LogP contribution is -2.28. The standard InChI is InChI=1S/C18H24N2S/c1-13-7-9-14(10-8-13)11-16(20-19)18-12-15-5-3-2-4-6-17(15)21-18/h7-10,12,16,20H,2-6,11,19H2,1H3. The zero-order valence-electron chi connectivity index (χ0n) is 12.7. The molecule has 1 heterocycles. The number of benzene rings is 1. The Morgan fingerprint density at radius 1 is 1.14 bits per heavy atom. The zero-order chi connectivity index (χ0) is 14.7. The number of aryl methyl sites for hydroxylation is 3. The summed E-state index contributed by atoms with van der Waals surface area (Å²) < 4.78 is 0. The first-order chi connectivity index (χ1) is 10.3. The highest BCUT2D eigenvalue weighted by Gasteiger charge is 2.18. The van der Waals surface area contributed by atoms with E-state index in [-0.39, 0.29) is 6.04 Å². The molecule has 2 nitrogen and oxygen atoms in total. The average molecular weight is 300 g/mol. The fraction of sp³-hybridized carbons (Fsp3) is 0.444. The SMILES string of the molecule is Cc1ccc(CC(NN)c2cc3c(s2)CCCCC3)cc1. The van der Waals surface area contributed by atoms with E-state index in [0.717, 1.165) is 6.42 Å². The molecule has 3 rings (SSSR count). The van der Waals surface area contributed by atoms with Gasteiger partial charge in [-0.15, -0.1) is 11.3 Å². The van der Waals surface area contributed by atoms with Gasteiger partial charge in [-0.25, -0.2) is 0 Å². The second-order valence-corrected chi connectivity index (χ2v) is 7.24. The van der Waals surface area contributed by atoms with E-state index in [2.05, 4.69) is 42.7 Å². The van der Waals surface area contributed by atoms with E-state index >= 15 is 0 Å². The number of nitrogens with one attached hydrogen (secondary N) is 1. The first-order valence-electron chi connectivity index (χ1n) is 7.89. The second kappa shape index (κ2) is 6.73. The number of rotatable bonds is 4. The highest BCUT2D eigenvalue weighted by Crippen LogP contribution is 2.33. The number of nitrogens with two attached hydrogens (primary N) is 1. The monoisotopic (exact) mass is 300 g/mol. The van der Waals surface area contributed by atoms with Gasteiger partial charge in [-0.05, 0) is 56.2 Å². The number of fused-ring (bicyclic) bond motifs is 1. The van der Waals surface area contributed by atoms with Gasteiger partial charge in [-0.1, -0.05) is 36.2 Å². The fourth-order valence-corrected chi connectivity index (χ4v) is 4.38. The summed E-state index contributed by atoms with van der Waals surface area (Å²) in [7, 11) is 0. The Hall–Kier alpha value is -1.16. The van der Waals surface area contributed by atoms with Gasteiger partial charge < -0.3 is 0 Å². The number of thiophene rings is 1. The van der Waals surface area contributed by atoms with Crippen molar-refractivity contribution in [2.24, 2.45) is 5.84 Å². The van der Waals surface area contributed by atoms with E-state index in [1.807, 2.05) is 11.3 Å². The van der Waals surface area contributed by atoms with Gasteiger partial charge in [0.2, 0.25) is 0 Å². The first kappa shape index (κ1) is 14.8. The maximum atomic E-state index is 5.83. The minimum atomic E-state index is 0.227. The summed E-state index contributed by atoms with van der Waals surface area (Å²) in [6.45, 7) is 2.12. The smallest absolute Gasteiger partial charge is 0.0593 e. The molecule has 0 bridgehead atoms. The molecule has 0 saturated carbocycles. The van der Waals surface area contributed by atoms with Gasteiger partial charge in [-0.3, -0.25) is 11.3 Å². The van der Waals surface area contributed by atoms with Crippen molar-refractivity contribution in [3.63, 3.8) is 0 Å². The summed E-state index contributed by atoms with van der Waals surface area (Å²) in [5.74, 6) is 5.83. The van der Waals surface area contributed by atoms with Crippen LogP contribution in [0.3, 0.4) is 0 Å². The fourth-order valence-electron chi connectivity index (χ4n) is 3.06. The molecule has 1 aromatic heterocycles.